The molecular formula is C18H11Cl3N4. The van der Waals surface area contributed by atoms with Crippen LogP contribution in [0.3, 0.4) is 0 Å². The second-order valence-electron chi connectivity index (χ2n) is 5.48. The summed E-state index contributed by atoms with van der Waals surface area (Å²) in [7, 11) is 0. The van der Waals surface area contributed by atoms with Gasteiger partial charge in [0.25, 0.3) is 0 Å². The molecule has 0 N–H and O–H groups in total. The summed E-state index contributed by atoms with van der Waals surface area (Å²) in [6.45, 7) is 1.86. The highest BCUT2D eigenvalue weighted by Crippen LogP contribution is 2.35. The number of aromatic nitrogens is 4. The van der Waals surface area contributed by atoms with E-state index in [2.05, 4.69) is 9.97 Å². The Morgan fingerprint density at radius 3 is 2.56 bits per heavy atom. The van der Waals surface area contributed by atoms with Crippen LogP contribution in [0.1, 0.15) is 5.82 Å². The molecule has 0 atom stereocenters. The van der Waals surface area contributed by atoms with Crippen molar-refractivity contribution in [2.75, 3.05) is 0 Å². The van der Waals surface area contributed by atoms with Crippen molar-refractivity contribution in [1.29, 1.82) is 0 Å². The zero-order chi connectivity index (χ0) is 17.6. The molecule has 0 aliphatic heterocycles. The van der Waals surface area contributed by atoms with Crippen LogP contribution >= 0.6 is 34.8 Å². The van der Waals surface area contributed by atoms with Crippen LogP contribution in [-0.2, 0) is 0 Å². The average molecular weight is 390 g/mol. The maximum atomic E-state index is 6.37. The van der Waals surface area contributed by atoms with Gasteiger partial charge < -0.3 is 0 Å². The summed E-state index contributed by atoms with van der Waals surface area (Å²) in [5.74, 6) is 1.38. The van der Waals surface area contributed by atoms with Crippen molar-refractivity contribution < 1.29 is 0 Å². The quantitative estimate of drug-likeness (QED) is 0.438. The molecule has 3 heterocycles. The molecule has 1 aromatic carbocycles. The van der Waals surface area contributed by atoms with E-state index in [-0.39, 0.29) is 0 Å². The molecule has 0 saturated carbocycles. The number of nitrogens with zero attached hydrogens (tertiary/aromatic N) is 4. The molecule has 0 saturated heterocycles. The zero-order valence-electron chi connectivity index (χ0n) is 13.0. The van der Waals surface area contributed by atoms with Crippen molar-refractivity contribution in [3.63, 3.8) is 0 Å². The van der Waals surface area contributed by atoms with E-state index in [1.807, 2.05) is 47.9 Å². The first-order valence-electron chi connectivity index (χ1n) is 7.47. The first kappa shape index (κ1) is 16.3. The third kappa shape index (κ3) is 2.86. The normalized spacial score (nSPS) is 11.2. The highest BCUT2D eigenvalue weighted by Gasteiger charge is 2.21. The minimum atomic E-state index is 0.309. The second-order valence-corrected chi connectivity index (χ2v) is 6.68. The van der Waals surface area contributed by atoms with Crippen LogP contribution < -0.4 is 0 Å². The van der Waals surface area contributed by atoms with Gasteiger partial charge in [-0.05, 0) is 31.2 Å². The van der Waals surface area contributed by atoms with Gasteiger partial charge in [0.15, 0.2) is 5.15 Å². The number of benzene rings is 1. The molecular weight excluding hydrogens is 379 g/mol. The van der Waals surface area contributed by atoms with Crippen LogP contribution in [0, 0.1) is 6.92 Å². The molecule has 7 heteroatoms. The SMILES string of the molecule is Cc1nc(Cl)c(-c2ncc(Cl)cc2Cl)n1-c1ccc2ccccc2n1. The molecule has 0 aliphatic carbocycles. The number of pyridine rings is 2. The van der Waals surface area contributed by atoms with Crippen LogP contribution in [0.25, 0.3) is 28.1 Å². The average Bonchev–Trinajstić information content (AvgIpc) is 2.88. The predicted molar refractivity (Wildman–Crippen MR) is 102 cm³/mol. The molecule has 0 spiro atoms. The molecule has 0 fully saturated rings. The number of fused-ring (bicyclic) bond motifs is 1. The van der Waals surface area contributed by atoms with E-state index in [9.17, 15) is 0 Å². The molecule has 0 radical (unpaired) electrons. The van der Waals surface area contributed by atoms with Gasteiger partial charge in [0.2, 0.25) is 0 Å². The standard InChI is InChI=1S/C18H11Cl3N4/c1-10-23-18(21)17(16-13(20)8-12(19)9-22-16)25(10)15-7-6-11-4-2-3-5-14(11)24-15/h2-9H,1H3. The fourth-order valence-corrected chi connectivity index (χ4v) is 3.52. The van der Waals surface area contributed by atoms with Gasteiger partial charge in [-0.3, -0.25) is 9.55 Å². The third-order valence-corrected chi connectivity index (χ3v) is 4.61. The summed E-state index contributed by atoms with van der Waals surface area (Å²) in [5.41, 5.74) is 1.97. The van der Waals surface area contributed by atoms with E-state index in [0.29, 0.717) is 38.2 Å². The number of para-hydroxylation sites is 1. The molecule has 0 amide bonds. The van der Waals surface area contributed by atoms with E-state index in [4.69, 9.17) is 39.8 Å². The molecule has 4 rings (SSSR count). The van der Waals surface area contributed by atoms with Crippen molar-refractivity contribution in [1.82, 2.24) is 19.5 Å². The molecule has 124 valence electrons. The zero-order valence-corrected chi connectivity index (χ0v) is 15.3. The van der Waals surface area contributed by atoms with Crippen molar-refractivity contribution in [2.45, 2.75) is 6.92 Å². The summed E-state index contributed by atoms with van der Waals surface area (Å²) in [6, 6.07) is 13.4. The number of hydrogen-bond acceptors (Lipinski definition) is 3. The first-order valence-corrected chi connectivity index (χ1v) is 8.60. The highest BCUT2D eigenvalue weighted by atomic mass is 35.5. The molecule has 25 heavy (non-hydrogen) atoms. The van der Waals surface area contributed by atoms with Gasteiger partial charge in [0.1, 0.15) is 23.0 Å². The van der Waals surface area contributed by atoms with E-state index in [1.54, 1.807) is 6.07 Å². The van der Waals surface area contributed by atoms with Gasteiger partial charge in [0.05, 0.1) is 15.6 Å². The smallest absolute Gasteiger partial charge is 0.157 e. The van der Waals surface area contributed by atoms with E-state index >= 15 is 0 Å². The Bertz CT molecular complexity index is 1100. The van der Waals surface area contributed by atoms with Gasteiger partial charge in [-0.15, -0.1) is 0 Å². The fraction of sp³-hybridized carbons (Fsp3) is 0.0556. The van der Waals surface area contributed by atoms with Crippen LogP contribution in [0.5, 0.6) is 0 Å². The maximum absolute atomic E-state index is 6.37. The van der Waals surface area contributed by atoms with Gasteiger partial charge >= 0.3 is 0 Å². The van der Waals surface area contributed by atoms with Gasteiger partial charge in [0, 0.05) is 11.6 Å². The van der Waals surface area contributed by atoms with Crippen LogP contribution in [0.15, 0.2) is 48.7 Å². The summed E-state index contributed by atoms with van der Waals surface area (Å²) in [5, 5.41) is 2.22. The molecule has 0 unspecified atom stereocenters. The summed E-state index contributed by atoms with van der Waals surface area (Å²) in [6.07, 6.45) is 1.53. The lowest BCUT2D eigenvalue weighted by molar-refractivity contribution is 0.942. The van der Waals surface area contributed by atoms with Crippen LogP contribution in [-0.4, -0.2) is 19.5 Å². The van der Waals surface area contributed by atoms with Gasteiger partial charge in [-0.25, -0.2) is 9.97 Å². The fourth-order valence-electron chi connectivity index (χ4n) is 2.75. The third-order valence-electron chi connectivity index (χ3n) is 3.85. The summed E-state index contributed by atoms with van der Waals surface area (Å²) < 4.78 is 1.84. The number of hydrogen-bond donors (Lipinski definition) is 0. The minimum absolute atomic E-state index is 0.309. The topological polar surface area (TPSA) is 43.6 Å². The lowest BCUT2D eigenvalue weighted by Crippen LogP contribution is -2.03. The Morgan fingerprint density at radius 2 is 1.76 bits per heavy atom. The number of aryl methyl sites for hydroxylation is 1. The summed E-state index contributed by atoms with van der Waals surface area (Å²) in [4.78, 5) is 13.4. The Labute approximate surface area is 159 Å². The van der Waals surface area contributed by atoms with Gasteiger partial charge in [-0.2, -0.15) is 0 Å². The summed E-state index contributed by atoms with van der Waals surface area (Å²) >= 11 is 18.7. The highest BCUT2D eigenvalue weighted by molar-refractivity contribution is 6.37. The lowest BCUT2D eigenvalue weighted by atomic mass is 10.2. The predicted octanol–water partition coefficient (Wildman–Crippen LogP) is 5.75. The number of imidazole rings is 1. The first-order chi connectivity index (χ1) is 12.0. The van der Waals surface area contributed by atoms with E-state index < -0.39 is 0 Å². The molecule has 0 aliphatic rings. The minimum Gasteiger partial charge on any atom is -0.277 e. The maximum Gasteiger partial charge on any atom is 0.157 e. The van der Waals surface area contributed by atoms with Crippen molar-refractivity contribution in [3.05, 3.63) is 69.7 Å². The van der Waals surface area contributed by atoms with E-state index in [0.717, 1.165) is 10.9 Å². The Kier molecular flexibility index (Phi) is 4.12. The number of rotatable bonds is 2. The molecule has 4 nitrogen and oxygen atoms in total. The lowest BCUT2D eigenvalue weighted by Gasteiger charge is -2.11. The van der Waals surface area contributed by atoms with Crippen molar-refractivity contribution in [3.8, 4) is 17.2 Å². The Hall–Kier alpha value is -2.14. The monoisotopic (exact) mass is 388 g/mol. The van der Waals surface area contributed by atoms with E-state index in [1.165, 1.54) is 6.20 Å². The van der Waals surface area contributed by atoms with Crippen LogP contribution in [0.4, 0.5) is 0 Å². The van der Waals surface area contributed by atoms with Gasteiger partial charge in [-0.1, -0.05) is 53.0 Å². The molecule has 3 aromatic heterocycles. The number of halogens is 3. The Morgan fingerprint density at radius 1 is 0.960 bits per heavy atom. The Balaban J connectivity index is 1.98. The van der Waals surface area contributed by atoms with Crippen LogP contribution in [0.2, 0.25) is 15.2 Å². The molecule has 4 aromatic rings. The van der Waals surface area contributed by atoms with Crippen molar-refractivity contribution >= 4 is 45.7 Å². The molecule has 0 bridgehead atoms. The second kappa shape index (κ2) is 6.30. The largest absolute Gasteiger partial charge is 0.277 e. The van der Waals surface area contributed by atoms with Crippen molar-refractivity contribution in [2.24, 2.45) is 0 Å².